The molecule has 2 aliphatic heterocycles. The fraction of sp³-hybridized carbons (Fsp3) is 0.750. The monoisotopic (exact) mass is 438 g/mol. The normalized spacial score (nSPS) is 34.2. The molecule has 1 aromatic rings. The van der Waals surface area contributed by atoms with E-state index in [4.69, 9.17) is 0 Å². The summed E-state index contributed by atoms with van der Waals surface area (Å²) >= 11 is 0. The molecule has 31 heavy (non-hydrogen) atoms. The van der Waals surface area contributed by atoms with E-state index in [9.17, 15) is 18.3 Å². The molecule has 0 bridgehead atoms. The van der Waals surface area contributed by atoms with Crippen LogP contribution in [0.15, 0.2) is 24.3 Å². The summed E-state index contributed by atoms with van der Waals surface area (Å²) in [5, 5.41) is 11.9. The van der Waals surface area contributed by atoms with Gasteiger partial charge in [0.2, 0.25) is 0 Å². The second kappa shape index (κ2) is 7.92. The SMILES string of the molecule is OC1([C@@]2(c3cccc(OC(F)(F)F)c3)CC2N2CCN3CCCCC3C2)CCCCC1. The third-order valence-electron chi connectivity index (χ3n) is 8.33. The predicted octanol–water partition coefficient (Wildman–Crippen LogP) is 4.46. The number of nitrogens with zero attached hydrogens (tertiary/aromatic N) is 2. The molecular weight excluding hydrogens is 405 g/mol. The first-order chi connectivity index (χ1) is 14.8. The number of hydrogen-bond donors (Lipinski definition) is 1. The summed E-state index contributed by atoms with van der Waals surface area (Å²) in [6.07, 6.45) is 4.35. The van der Waals surface area contributed by atoms with E-state index in [1.165, 1.54) is 37.9 Å². The highest BCUT2D eigenvalue weighted by molar-refractivity contribution is 5.45. The van der Waals surface area contributed by atoms with Crippen molar-refractivity contribution < 1.29 is 23.0 Å². The molecule has 4 nitrogen and oxygen atoms in total. The van der Waals surface area contributed by atoms with Crippen molar-refractivity contribution in [3.63, 3.8) is 0 Å². The first kappa shape index (κ1) is 21.5. The van der Waals surface area contributed by atoms with E-state index in [1.807, 2.05) is 6.07 Å². The van der Waals surface area contributed by atoms with Crippen LogP contribution in [0.3, 0.4) is 0 Å². The Bertz CT molecular complexity index is 795. The maximum Gasteiger partial charge on any atom is 0.573 e. The van der Waals surface area contributed by atoms with Crippen molar-refractivity contribution >= 4 is 0 Å². The molecule has 1 N–H and O–H groups in total. The highest BCUT2D eigenvalue weighted by atomic mass is 19.4. The molecule has 3 atom stereocenters. The minimum absolute atomic E-state index is 0.181. The van der Waals surface area contributed by atoms with Crippen LogP contribution in [-0.4, -0.2) is 65.1 Å². The molecule has 0 aromatic heterocycles. The van der Waals surface area contributed by atoms with E-state index < -0.39 is 17.4 Å². The van der Waals surface area contributed by atoms with Gasteiger partial charge in [-0.2, -0.15) is 0 Å². The van der Waals surface area contributed by atoms with Crippen LogP contribution < -0.4 is 4.74 Å². The lowest BCUT2D eigenvalue weighted by Crippen LogP contribution is -2.57. The standard InChI is InChI=1S/C24H33F3N2O2/c25-24(26,27)31-20-9-6-7-18(15-20)23(22(30)10-3-1-4-11-22)16-21(23)29-14-13-28-12-5-2-8-19(28)17-29/h6-7,9,15,19,21,30H,1-5,8,10-14,16-17H2/t19?,21?,23-/m1/s1. The van der Waals surface area contributed by atoms with Crippen molar-refractivity contribution in [2.24, 2.45) is 0 Å². The molecule has 0 radical (unpaired) electrons. The molecule has 5 rings (SSSR count). The maximum atomic E-state index is 12.9. The van der Waals surface area contributed by atoms with Gasteiger partial charge >= 0.3 is 6.36 Å². The van der Waals surface area contributed by atoms with Gasteiger partial charge in [-0.3, -0.25) is 9.80 Å². The summed E-state index contributed by atoms with van der Waals surface area (Å²) in [5.74, 6) is -0.188. The number of alkyl halides is 3. The minimum atomic E-state index is -4.71. The van der Waals surface area contributed by atoms with Gasteiger partial charge in [-0.1, -0.05) is 37.8 Å². The molecule has 4 aliphatic rings. The van der Waals surface area contributed by atoms with Crippen LogP contribution in [0, 0.1) is 0 Å². The van der Waals surface area contributed by atoms with Gasteiger partial charge in [0.1, 0.15) is 5.75 Å². The fourth-order valence-corrected chi connectivity index (χ4v) is 6.78. The number of hydrogen-bond acceptors (Lipinski definition) is 4. The van der Waals surface area contributed by atoms with Crippen LogP contribution in [0.4, 0.5) is 13.2 Å². The Morgan fingerprint density at radius 3 is 2.52 bits per heavy atom. The van der Waals surface area contributed by atoms with Crippen molar-refractivity contribution in [1.29, 1.82) is 0 Å². The number of benzene rings is 1. The topological polar surface area (TPSA) is 35.9 Å². The zero-order valence-electron chi connectivity index (χ0n) is 18.0. The van der Waals surface area contributed by atoms with Gasteiger partial charge in [0.25, 0.3) is 0 Å². The average Bonchev–Trinajstić information content (AvgIpc) is 3.51. The van der Waals surface area contributed by atoms with Gasteiger partial charge in [0, 0.05) is 37.1 Å². The van der Waals surface area contributed by atoms with Gasteiger partial charge in [0.15, 0.2) is 0 Å². The maximum absolute atomic E-state index is 12.9. The number of fused-ring (bicyclic) bond motifs is 1. The zero-order valence-corrected chi connectivity index (χ0v) is 18.0. The lowest BCUT2D eigenvalue weighted by molar-refractivity contribution is -0.274. The molecule has 2 saturated carbocycles. The predicted molar refractivity (Wildman–Crippen MR) is 112 cm³/mol. The number of aliphatic hydroxyl groups is 1. The third-order valence-corrected chi connectivity index (χ3v) is 8.33. The molecule has 0 amide bonds. The van der Waals surface area contributed by atoms with Gasteiger partial charge < -0.3 is 9.84 Å². The molecule has 4 fully saturated rings. The van der Waals surface area contributed by atoms with Gasteiger partial charge in [-0.05, 0) is 56.3 Å². The minimum Gasteiger partial charge on any atom is -0.406 e. The first-order valence-corrected chi connectivity index (χ1v) is 11.9. The number of halogens is 3. The Morgan fingerprint density at radius 1 is 0.968 bits per heavy atom. The Hall–Kier alpha value is -1.31. The van der Waals surface area contributed by atoms with Gasteiger partial charge in [-0.15, -0.1) is 13.2 Å². The molecule has 2 heterocycles. The third kappa shape index (κ3) is 3.98. The summed E-state index contributed by atoms with van der Waals surface area (Å²) in [6.45, 7) is 4.20. The van der Waals surface area contributed by atoms with Crippen LogP contribution in [0.25, 0.3) is 0 Å². The zero-order chi connectivity index (χ0) is 21.7. The van der Waals surface area contributed by atoms with Gasteiger partial charge in [-0.25, -0.2) is 0 Å². The first-order valence-electron chi connectivity index (χ1n) is 11.9. The van der Waals surface area contributed by atoms with E-state index in [2.05, 4.69) is 14.5 Å². The molecule has 2 unspecified atom stereocenters. The van der Waals surface area contributed by atoms with E-state index in [1.54, 1.807) is 6.07 Å². The number of rotatable bonds is 4. The number of ether oxygens (including phenoxy) is 1. The Morgan fingerprint density at radius 2 is 1.74 bits per heavy atom. The molecule has 1 aromatic carbocycles. The smallest absolute Gasteiger partial charge is 0.406 e. The van der Waals surface area contributed by atoms with Crippen molar-refractivity contribution in [1.82, 2.24) is 9.80 Å². The highest BCUT2D eigenvalue weighted by Crippen LogP contribution is 2.62. The number of piperazine rings is 1. The quantitative estimate of drug-likeness (QED) is 0.753. The second-order valence-electron chi connectivity index (χ2n) is 10.0. The van der Waals surface area contributed by atoms with Crippen molar-refractivity contribution in [3.05, 3.63) is 29.8 Å². The second-order valence-corrected chi connectivity index (χ2v) is 10.0. The molecule has 2 aliphatic carbocycles. The van der Waals surface area contributed by atoms with Crippen molar-refractivity contribution in [3.8, 4) is 5.75 Å². The fourth-order valence-electron chi connectivity index (χ4n) is 6.78. The van der Waals surface area contributed by atoms with Crippen LogP contribution in [0.2, 0.25) is 0 Å². The molecule has 0 spiro atoms. The Labute approximate surface area is 182 Å². The summed E-state index contributed by atoms with van der Waals surface area (Å²) < 4.78 is 42.8. The molecular formula is C24H33F3N2O2. The molecule has 172 valence electrons. The lowest BCUT2D eigenvalue weighted by atomic mass is 9.69. The van der Waals surface area contributed by atoms with Crippen LogP contribution in [0.1, 0.15) is 63.4 Å². The summed E-state index contributed by atoms with van der Waals surface area (Å²) in [5.41, 5.74) is -0.569. The van der Waals surface area contributed by atoms with Crippen molar-refractivity contribution in [2.45, 2.75) is 87.2 Å². The van der Waals surface area contributed by atoms with Crippen LogP contribution in [0.5, 0.6) is 5.75 Å². The summed E-state index contributed by atoms with van der Waals surface area (Å²) in [4.78, 5) is 5.12. The van der Waals surface area contributed by atoms with Gasteiger partial charge in [0.05, 0.1) is 5.60 Å². The summed E-state index contributed by atoms with van der Waals surface area (Å²) in [6, 6.07) is 7.17. The van der Waals surface area contributed by atoms with Crippen LogP contribution in [-0.2, 0) is 5.41 Å². The lowest BCUT2D eigenvalue weighted by Gasteiger charge is -2.47. The van der Waals surface area contributed by atoms with E-state index >= 15 is 0 Å². The number of piperidine rings is 1. The summed E-state index contributed by atoms with van der Waals surface area (Å²) in [7, 11) is 0. The largest absolute Gasteiger partial charge is 0.573 e. The van der Waals surface area contributed by atoms with E-state index in [0.29, 0.717) is 6.04 Å². The Kier molecular flexibility index (Phi) is 5.50. The average molecular weight is 439 g/mol. The Balaban J connectivity index is 1.45. The molecule has 2 saturated heterocycles. The van der Waals surface area contributed by atoms with Crippen LogP contribution >= 0.6 is 0 Å². The van der Waals surface area contributed by atoms with E-state index in [0.717, 1.165) is 63.7 Å². The molecule has 7 heteroatoms. The van der Waals surface area contributed by atoms with E-state index in [-0.39, 0.29) is 11.8 Å². The van der Waals surface area contributed by atoms with Crippen molar-refractivity contribution in [2.75, 3.05) is 26.2 Å². The highest BCUT2D eigenvalue weighted by Gasteiger charge is 2.68.